The summed E-state index contributed by atoms with van der Waals surface area (Å²) in [7, 11) is 1.36. The van der Waals surface area contributed by atoms with Crippen LogP contribution in [-0.2, 0) is 0 Å². The van der Waals surface area contributed by atoms with Gasteiger partial charge in [0.1, 0.15) is 29.3 Å². The van der Waals surface area contributed by atoms with E-state index in [1.807, 2.05) is 0 Å². The highest BCUT2D eigenvalue weighted by Crippen LogP contribution is 2.31. The average Bonchev–Trinajstić information content (AvgIpc) is 2.36. The smallest absolute Gasteiger partial charge is 0.126 e. The Kier molecular flexibility index (Phi) is 3.76. The van der Waals surface area contributed by atoms with Crippen molar-refractivity contribution in [2.75, 3.05) is 7.11 Å². The maximum Gasteiger partial charge on any atom is 0.126 e. The van der Waals surface area contributed by atoms with E-state index in [0.29, 0.717) is 6.07 Å². The van der Waals surface area contributed by atoms with Gasteiger partial charge in [-0.3, -0.25) is 0 Å². The van der Waals surface area contributed by atoms with Crippen molar-refractivity contribution in [2.45, 2.75) is 6.10 Å². The van der Waals surface area contributed by atoms with Crippen molar-refractivity contribution in [3.8, 4) is 5.75 Å². The van der Waals surface area contributed by atoms with Crippen LogP contribution in [0.4, 0.5) is 13.2 Å². The standard InChI is InChI=1S/C14H11F3O2/c1-19-13-3-2-9(15)7-12(13)14(18)8-4-10(16)6-11(17)5-8/h2-7,14,18H,1H3. The van der Waals surface area contributed by atoms with Crippen LogP contribution in [0.3, 0.4) is 0 Å². The number of methoxy groups -OCH3 is 1. The van der Waals surface area contributed by atoms with Crippen LogP contribution in [0.15, 0.2) is 36.4 Å². The van der Waals surface area contributed by atoms with E-state index in [1.165, 1.54) is 19.2 Å². The van der Waals surface area contributed by atoms with Crippen molar-refractivity contribution < 1.29 is 23.0 Å². The van der Waals surface area contributed by atoms with Gasteiger partial charge in [-0.15, -0.1) is 0 Å². The quantitative estimate of drug-likeness (QED) is 0.926. The second-order valence-electron chi connectivity index (χ2n) is 3.99. The SMILES string of the molecule is COc1ccc(F)cc1C(O)c1cc(F)cc(F)c1. The molecule has 100 valence electrons. The first kappa shape index (κ1) is 13.4. The van der Waals surface area contributed by atoms with Gasteiger partial charge in [0, 0.05) is 11.6 Å². The number of hydrogen-bond acceptors (Lipinski definition) is 2. The van der Waals surface area contributed by atoms with E-state index >= 15 is 0 Å². The molecule has 2 aromatic carbocycles. The zero-order valence-corrected chi connectivity index (χ0v) is 10.0. The number of halogens is 3. The van der Waals surface area contributed by atoms with Crippen molar-refractivity contribution in [1.29, 1.82) is 0 Å². The van der Waals surface area contributed by atoms with Crippen LogP contribution >= 0.6 is 0 Å². The third kappa shape index (κ3) is 2.88. The van der Waals surface area contributed by atoms with E-state index in [4.69, 9.17) is 4.74 Å². The van der Waals surface area contributed by atoms with E-state index < -0.39 is 23.6 Å². The zero-order chi connectivity index (χ0) is 14.0. The van der Waals surface area contributed by atoms with Crippen molar-refractivity contribution in [3.05, 3.63) is 65.0 Å². The molecule has 1 atom stereocenters. The maximum atomic E-state index is 13.2. The zero-order valence-electron chi connectivity index (χ0n) is 10.0. The molecule has 1 unspecified atom stereocenters. The minimum atomic E-state index is -1.38. The molecule has 0 bridgehead atoms. The van der Waals surface area contributed by atoms with Crippen molar-refractivity contribution >= 4 is 0 Å². The summed E-state index contributed by atoms with van der Waals surface area (Å²) in [6, 6.07) is 6.23. The molecule has 0 aliphatic heterocycles. The maximum absolute atomic E-state index is 13.2. The predicted molar refractivity (Wildman–Crippen MR) is 63.4 cm³/mol. The molecule has 0 fully saturated rings. The monoisotopic (exact) mass is 268 g/mol. The molecule has 2 nitrogen and oxygen atoms in total. The molecule has 2 aromatic rings. The Balaban J connectivity index is 2.48. The molecule has 0 heterocycles. The van der Waals surface area contributed by atoms with Gasteiger partial charge in [0.2, 0.25) is 0 Å². The Morgan fingerprint density at radius 1 is 0.947 bits per heavy atom. The van der Waals surface area contributed by atoms with E-state index in [2.05, 4.69) is 0 Å². The number of aliphatic hydroxyl groups excluding tert-OH is 1. The highest BCUT2D eigenvalue weighted by Gasteiger charge is 2.18. The molecule has 0 aliphatic carbocycles. The van der Waals surface area contributed by atoms with Crippen LogP contribution in [-0.4, -0.2) is 12.2 Å². The van der Waals surface area contributed by atoms with Crippen LogP contribution in [0.5, 0.6) is 5.75 Å². The summed E-state index contributed by atoms with van der Waals surface area (Å²) < 4.78 is 44.4. The van der Waals surface area contributed by atoms with Crippen molar-refractivity contribution in [2.24, 2.45) is 0 Å². The fourth-order valence-electron chi connectivity index (χ4n) is 1.83. The summed E-state index contributed by atoms with van der Waals surface area (Å²) in [6.45, 7) is 0. The highest BCUT2D eigenvalue weighted by molar-refractivity contribution is 5.40. The molecule has 0 radical (unpaired) electrons. The molecular weight excluding hydrogens is 257 g/mol. The van der Waals surface area contributed by atoms with Gasteiger partial charge in [0.15, 0.2) is 0 Å². The van der Waals surface area contributed by atoms with E-state index in [0.717, 1.165) is 18.2 Å². The minimum Gasteiger partial charge on any atom is -0.496 e. The van der Waals surface area contributed by atoms with E-state index in [-0.39, 0.29) is 16.9 Å². The van der Waals surface area contributed by atoms with Gasteiger partial charge in [-0.05, 0) is 35.9 Å². The van der Waals surface area contributed by atoms with Crippen LogP contribution < -0.4 is 4.74 Å². The fraction of sp³-hybridized carbons (Fsp3) is 0.143. The number of aliphatic hydroxyl groups is 1. The lowest BCUT2D eigenvalue weighted by Crippen LogP contribution is -2.04. The third-order valence-electron chi connectivity index (χ3n) is 2.69. The van der Waals surface area contributed by atoms with Crippen LogP contribution in [0.2, 0.25) is 0 Å². The Labute approximate surface area is 108 Å². The van der Waals surface area contributed by atoms with Gasteiger partial charge >= 0.3 is 0 Å². The topological polar surface area (TPSA) is 29.5 Å². The first-order valence-electron chi connectivity index (χ1n) is 5.48. The van der Waals surface area contributed by atoms with Crippen LogP contribution in [0.25, 0.3) is 0 Å². The van der Waals surface area contributed by atoms with Gasteiger partial charge < -0.3 is 9.84 Å². The number of benzene rings is 2. The molecule has 5 heteroatoms. The normalized spacial score (nSPS) is 12.3. The minimum absolute atomic E-state index is 0.0126. The summed E-state index contributed by atoms with van der Waals surface area (Å²) in [6.07, 6.45) is -1.38. The first-order chi connectivity index (χ1) is 9.01. The Morgan fingerprint density at radius 2 is 1.58 bits per heavy atom. The second-order valence-corrected chi connectivity index (χ2v) is 3.99. The lowest BCUT2D eigenvalue weighted by molar-refractivity contribution is 0.213. The summed E-state index contributed by atoms with van der Waals surface area (Å²) in [5, 5.41) is 10.1. The molecular formula is C14H11F3O2. The molecule has 0 amide bonds. The predicted octanol–water partition coefficient (Wildman–Crippen LogP) is 3.19. The third-order valence-corrected chi connectivity index (χ3v) is 2.69. The summed E-state index contributed by atoms with van der Waals surface area (Å²) >= 11 is 0. The molecule has 2 rings (SSSR count). The molecule has 1 N–H and O–H groups in total. The molecule has 0 saturated heterocycles. The number of hydrogen-bond donors (Lipinski definition) is 1. The van der Waals surface area contributed by atoms with Crippen molar-refractivity contribution in [1.82, 2.24) is 0 Å². The van der Waals surface area contributed by atoms with Crippen LogP contribution in [0.1, 0.15) is 17.2 Å². The molecule has 0 aromatic heterocycles. The summed E-state index contributed by atoms with van der Waals surface area (Å²) in [4.78, 5) is 0. The van der Waals surface area contributed by atoms with Gasteiger partial charge in [-0.25, -0.2) is 13.2 Å². The lowest BCUT2D eigenvalue weighted by Gasteiger charge is -2.15. The van der Waals surface area contributed by atoms with Gasteiger partial charge in [0.25, 0.3) is 0 Å². The van der Waals surface area contributed by atoms with Gasteiger partial charge in [-0.1, -0.05) is 0 Å². The first-order valence-corrected chi connectivity index (χ1v) is 5.48. The second kappa shape index (κ2) is 5.32. The van der Waals surface area contributed by atoms with Gasteiger partial charge in [0.05, 0.1) is 7.11 Å². The number of ether oxygens (including phenoxy) is 1. The average molecular weight is 268 g/mol. The van der Waals surface area contributed by atoms with Crippen LogP contribution in [0, 0.1) is 17.5 Å². The van der Waals surface area contributed by atoms with E-state index in [1.54, 1.807) is 0 Å². The molecule has 0 spiro atoms. The fourth-order valence-corrected chi connectivity index (χ4v) is 1.83. The Bertz CT molecular complexity index is 579. The van der Waals surface area contributed by atoms with Crippen molar-refractivity contribution in [3.63, 3.8) is 0 Å². The van der Waals surface area contributed by atoms with E-state index in [9.17, 15) is 18.3 Å². The largest absolute Gasteiger partial charge is 0.496 e. The number of rotatable bonds is 3. The van der Waals surface area contributed by atoms with Gasteiger partial charge in [-0.2, -0.15) is 0 Å². The summed E-state index contributed by atoms with van der Waals surface area (Å²) in [5.41, 5.74) is 0.0916. The molecule has 19 heavy (non-hydrogen) atoms. The Hall–Kier alpha value is -2.01. The summed E-state index contributed by atoms with van der Waals surface area (Å²) in [5.74, 6) is -1.97. The Morgan fingerprint density at radius 3 is 2.16 bits per heavy atom. The molecule has 0 aliphatic rings. The molecule has 0 saturated carbocycles. The lowest BCUT2D eigenvalue weighted by atomic mass is 10.0. The highest BCUT2D eigenvalue weighted by atomic mass is 19.1.